The molecule has 0 spiro atoms. The molecule has 0 fully saturated rings. The van der Waals surface area contributed by atoms with Crippen LogP contribution in [0, 0.1) is 0 Å². The molecule has 0 radical (unpaired) electrons. The Labute approximate surface area is 150 Å². The van der Waals surface area contributed by atoms with Crippen molar-refractivity contribution in [3.8, 4) is 0 Å². The van der Waals surface area contributed by atoms with Crippen LogP contribution in [0.25, 0.3) is 0 Å². The smallest absolute Gasteiger partial charge is 0.276 e. The second-order valence-corrected chi connectivity index (χ2v) is 5.51. The van der Waals surface area contributed by atoms with Crippen LogP contribution < -0.4 is 16.4 Å². The fourth-order valence-corrected chi connectivity index (χ4v) is 2.36. The normalized spacial score (nSPS) is 11.4. The quantitative estimate of drug-likeness (QED) is 0.634. The van der Waals surface area contributed by atoms with Gasteiger partial charge in [-0.05, 0) is 29.8 Å². The van der Waals surface area contributed by atoms with Crippen molar-refractivity contribution in [3.05, 3.63) is 84.1 Å². The predicted octanol–water partition coefficient (Wildman–Crippen LogP) is 2.37. The zero-order chi connectivity index (χ0) is 18.4. The van der Waals surface area contributed by atoms with Crippen LogP contribution in [0.3, 0.4) is 0 Å². The number of nitrogens with two attached hydrogens (primary N) is 1. The molecule has 4 N–H and O–H groups in total. The number of para-hydroxylation sites is 1. The summed E-state index contributed by atoms with van der Waals surface area (Å²) < 4.78 is 0. The molecule has 7 heteroatoms. The highest BCUT2D eigenvalue weighted by molar-refractivity contribution is 6.02. The maximum Gasteiger partial charge on any atom is 0.276 e. The van der Waals surface area contributed by atoms with Crippen LogP contribution in [0.5, 0.6) is 0 Å². The van der Waals surface area contributed by atoms with Gasteiger partial charge in [0.05, 0.1) is 0 Å². The Morgan fingerprint density at radius 1 is 0.846 bits per heavy atom. The first-order valence-electron chi connectivity index (χ1n) is 7.94. The molecule has 0 saturated heterocycles. The molecule has 0 aliphatic carbocycles. The first-order chi connectivity index (χ1) is 12.6. The molecule has 0 saturated carbocycles. The Morgan fingerprint density at radius 2 is 1.50 bits per heavy atom. The summed E-state index contributed by atoms with van der Waals surface area (Å²) in [7, 11) is 0. The summed E-state index contributed by atoms with van der Waals surface area (Å²) in [6, 6.07) is 20.5. The average molecular weight is 347 g/mol. The molecule has 130 valence electrons. The Hall–Kier alpha value is -3.74. The third kappa shape index (κ3) is 4.21. The van der Waals surface area contributed by atoms with Crippen LogP contribution in [-0.2, 0) is 4.79 Å². The van der Waals surface area contributed by atoms with E-state index in [1.165, 1.54) is 6.07 Å². The lowest BCUT2D eigenvalue weighted by molar-refractivity contribution is -0.118. The maximum absolute atomic E-state index is 12.2. The number of rotatable bonds is 6. The number of anilines is 2. The van der Waals surface area contributed by atoms with E-state index in [4.69, 9.17) is 5.73 Å². The van der Waals surface area contributed by atoms with E-state index in [1.54, 1.807) is 30.3 Å². The first kappa shape index (κ1) is 17.1. The van der Waals surface area contributed by atoms with Crippen molar-refractivity contribution in [3.63, 3.8) is 0 Å². The number of carbonyl (C=O) groups excluding carboxylic acids is 2. The number of aromatic nitrogens is 2. The van der Waals surface area contributed by atoms with Crippen LogP contribution in [0.1, 0.15) is 22.1 Å². The standard InChI is InChI=1S/C19H17N5O2/c20-18(25)17(13-7-3-1-4-8-13)22-16-12-11-15(23-24-16)19(26)21-14-9-5-2-6-10-14/h1-12,17H,(H2,20,25)(H,21,26)(H,22,24). The van der Waals surface area contributed by atoms with Crippen molar-refractivity contribution in [2.24, 2.45) is 5.73 Å². The van der Waals surface area contributed by atoms with E-state index in [2.05, 4.69) is 20.8 Å². The number of carbonyl (C=O) groups is 2. The predicted molar refractivity (Wildman–Crippen MR) is 98.4 cm³/mol. The van der Waals surface area contributed by atoms with Crippen LogP contribution in [-0.4, -0.2) is 22.0 Å². The number of hydrogen-bond donors (Lipinski definition) is 3. The van der Waals surface area contributed by atoms with Gasteiger partial charge >= 0.3 is 0 Å². The minimum Gasteiger partial charge on any atom is -0.368 e. The van der Waals surface area contributed by atoms with Crippen LogP contribution >= 0.6 is 0 Å². The van der Waals surface area contributed by atoms with Gasteiger partial charge in [-0.25, -0.2) is 0 Å². The van der Waals surface area contributed by atoms with Gasteiger partial charge in [-0.2, -0.15) is 0 Å². The Bertz CT molecular complexity index is 883. The highest BCUT2D eigenvalue weighted by Crippen LogP contribution is 2.17. The third-order valence-electron chi connectivity index (χ3n) is 3.64. The summed E-state index contributed by atoms with van der Waals surface area (Å²) in [5, 5.41) is 13.5. The molecule has 7 nitrogen and oxygen atoms in total. The van der Waals surface area contributed by atoms with Gasteiger partial charge < -0.3 is 16.4 Å². The highest BCUT2D eigenvalue weighted by Gasteiger charge is 2.18. The summed E-state index contributed by atoms with van der Waals surface area (Å²) in [5.41, 5.74) is 7.01. The zero-order valence-corrected chi connectivity index (χ0v) is 13.8. The molecule has 0 bridgehead atoms. The van der Waals surface area contributed by atoms with Gasteiger partial charge in [0.15, 0.2) is 5.69 Å². The lowest BCUT2D eigenvalue weighted by Gasteiger charge is -2.16. The number of hydrogen-bond acceptors (Lipinski definition) is 5. The fraction of sp³-hybridized carbons (Fsp3) is 0.0526. The lowest BCUT2D eigenvalue weighted by Crippen LogP contribution is -2.28. The summed E-state index contributed by atoms with van der Waals surface area (Å²) in [6.45, 7) is 0. The highest BCUT2D eigenvalue weighted by atomic mass is 16.2. The molecule has 1 aromatic heterocycles. The van der Waals surface area contributed by atoms with Crippen molar-refractivity contribution in [1.82, 2.24) is 10.2 Å². The third-order valence-corrected chi connectivity index (χ3v) is 3.64. The fourth-order valence-electron chi connectivity index (χ4n) is 2.36. The molecule has 0 aliphatic rings. The van der Waals surface area contributed by atoms with Crippen molar-refractivity contribution in [2.45, 2.75) is 6.04 Å². The number of nitrogens with zero attached hydrogens (tertiary/aromatic N) is 2. The van der Waals surface area contributed by atoms with E-state index in [-0.39, 0.29) is 11.6 Å². The van der Waals surface area contributed by atoms with E-state index in [1.807, 2.05) is 36.4 Å². The summed E-state index contributed by atoms with van der Waals surface area (Å²) in [5.74, 6) is -0.567. The van der Waals surface area contributed by atoms with E-state index in [0.29, 0.717) is 17.1 Å². The van der Waals surface area contributed by atoms with E-state index < -0.39 is 11.9 Å². The lowest BCUT2D eigenvalue weighted by atomic mass is 10.1. The second-order valence-electron chi connectivity index (χ2n) is 5.51. The first-order valence-corrected chi connectivity index (χ1v) is 7.94. The SMILES string of the molecule is NC(=O)C(Nc1ccc(C(=O)Nc2ccccc2)nn1)c1ccccc1. The van der Waals surface area contributed by atoms with E-state index in [9.17, 15) is 9.59 Å². The molecule has 1 unspecified atom stereocenters. The molecular weight excluding hydrogens is 330 g/mol. The Kier molecular flexibility index (Phi) is 5.19. The molecule has 3 aromatic rings. The van der Waals surface area contributed by atoms with Gasteiger partial charge in [0.25, 0.3) is 5.91 Å². The Morgan fingerprint density at radius 3 is 2.08 bits per heavy atom. The van der Waals surface area contributed by atoms with Gasteiger partial charge in [0.2, 0.25) is 5.91 Å². The molecule has 2 amide bonds. The average Bonchev–Trinajstić information content (AvgIpc) is 2.68. The van der Waals surface area contributed by atoms with Crippen molar-refractivity contribution in [2.75, 3.05) is 10.6 Å². The molecular formula is C19H17N5O2. The molecule has 0 aliphatic heterocycles. The van der Waals surface area contributed by atoms with Gasteiger partial charge in [-0.3, -0.25) is 9.59 Å². The zero-order valence-electron chi connectivity index (χ0n) is 13.8. The number of benzene rings is 2. The molecule has 26 heavy (non-hydrogen) atoms. The van der Waals surface area contributed by atoms with Gasteiger partial charge in [0, 0.05) is 5.69 Å². The number of primary amides is 1. The summed E-state index contributed by atoms with van der Waals surface area (Å²) in [6.07, 6.45) is 0. The monoisotopic (exact) mass is 347 g/mol. The van der Waals surface area contributed by atoms with Crippen LogP contribution in [0.15, 0.2) is 72.8 Å². The molecule has 1 atom stereocenters. The maximum atomic E-state index is 12.2. The topological polar surface area (TPSA) is 110 Å². The number of amides is 2. The molecule has 3 rings (SSSR count). The van der Waals surface area contributed by atoms with Crippen molar-refractivity contribution in [1.29, 1.82) is 0 Å². The summed E-state index contributed by atoms with van der Waals surface area (Å²) in [4.78, 5) is 23.9. The van der Waals surface area contributed by atoms with Gasteiger partial charge in [0.1, 0.15) is 11.9 Å². The van der Waals surface area contributed by atoms with Crippen molar-refractivity contribution < 1.29 is 9.59 Å². The Balaban J connectivity index is 1.70. The minimum atomic E-state index is -0.741. The van der Waals surface area contributed by atoms with Crippen molar-refractivity contribution >= 4 is 23.3 Å². The number of nitrogens with one attached hydrogen (secondary N) is 2. The largest absolute Gasteiger partial charge is 0.368 e. The minimum absolute atomic E-state index is 0.162. The molecule has 1 heterocycles. The summed E-state index contributed by atoms with van der Waals surface area (Å²) >= 11 is 0. The second kappa shape index (κ2) is 7.89. The molecule has 2 aromatic carbocycles. The van der Waals surface area contributed by atoms with Crippen LogP contribution in [0.4, 0.5) is 11.5 Å². The van der Waals surface area contributed by atoms with Gasteiger partial charge in [-0.15, -0.1) is 10.2 Å². The van der Waals surface area contributed by atoms with Gasteiger partial charge in [-0.1, -0.05) is 48.5 Å². The van der Waals surface area contributed by atoms with Crippen LogP contribution in [0.2, 0.25) is 0 Å². The van der Waals surface area contributed by atoms with E-state index in [0.717, 1.165) is 0 Å². The van der Waals surface area contributed by atoms with E-state index >= 15 is 0 Å².